The van der Waals surface area contributed by atoms with Crippen LogP contribution in [-0.2, 0) is 6.18 Å². The minimum Gasteiger partial charge on any atom is -0.166 e. The van der Waals surface area contributed by atoms with E-state index in [4.69, 9.17) is 0 Å². The van der Waals surface area contributed by atoms with Crippen LogP contribution in [-0.4, -0.2) is 5.75 Å². The molecule has 0 bridgehead atoms. The number of thioether (sulfide) groups is 1. The van der Waals surface area contributed by atoms with E-state index in [1.54, 1.807) is 6.07 Å². The molecule has 0 saturated carbocycles. The summed E-state index contributed by atoms with van der Waals surface area (Å²) in [6, 6.07) is 5.37. The Hall–Kier alpha value is -0.640. The molecule has 72 valence electrons. The van der Waals surface area contributed by atoms with Gasteiger partial charge in [0.2, 0.25) is 0 Å². The summed E-state index contributed by atoms with van der Waals surface area (Å²) in [5.74, 6) is 0.779. The highest BCUT2D eigenvalue weighted by Gasteiger charge is 2.30. The molecular weight excluding hydrogens is 197 g/mol. The lowest BCUT2D eigenvalue weighted by atomic mass is 10.2. The maximum Gasteiger partial charge on any atom is 0.416 e. The van der Waals surface area contributed by atoms with E-state index >= 15 is 0 Å². The van der Waals surface area contributed by atoms with Gasteiger partial charge in [-0.2, -0.15) is 13.2 Å². The fourth-order valence-electron chi connectivity index (χ4n) is 0.929. The zero-order valence-electron chi connectivity index (χ0n) is 7.06. The Morgan fingerprint density at radius 3 is 2.54 bits per heavy atom. The lowest BCUT2D eigenvalue weighted by Gasteiger charge is -2.07. The maximum absolute atomic E-state index is 12.2. The largest absolute Gasteiger partial charge is 0.416 e. The monoisotopic (exact) mass is 206 g/mol. The van der Waals surface area contributed by atoms with Crippen molar-refractivity contribution in [3.63, 3.8) is 0 Å². The van der Waals surface area contributed by atoms with Gasteiger partial charge < -0.3 is 0 Å². The smallest absolute Gasteiger partial charge is 0.166 e. The van der Waals surface area contributed by atoms with Crippen LogP contribution in [0.1, 0.15) is 12.5 Å². The number of alkyl halides is 3. The fourth-order valence-corrected chi connectivity index (χ4v) is 1.65. The maximum atomic E-state index is 12.2. The van der Waals surface area contributed by atoms with Gasteiger partial charge in [-0.25, -0.2) is 0 Å². The normalized spacial score (nSPS) is 11.7. The van der Waals surface area contributed by atoms with Crippen molar-refractivity contribution in [3.05, 3.63) is 29.8 Å². The van der Waals surface area contributed by atoms with Gasteiger partial charge in [-0.3, -0.25) is 0 Å². The van der Waals surface area contributed by atoms with Gasteiger partial charge in [0.15, 0.2) is 0 Å². The first-order valence-electron chi connectivity index (χ1n) is 3.84. The number of rotatable bonds is 2. The van der Waals surface area contributed by atoms with Gasteiger partial charge in [-0.1, -0.05) is 13.0 Å². The topological polar surface area (TPSA) is 0 Å². The quantitative estimate of drug-likeness (QED) is 0.663. The number of hydrogen-bond acceptors (Lipinski definition) is 1. The molecule has 0 aliphatic rings. The van der Waals surface area contributed by atoms with Crippen LogP contribution in [0.4, 0.5) is 13.2 Å². The number of benzene rings is 1. The standard InChI is InChI=1S/C9H9F3S/c1-2-13-8-5-3-4-7(6-8)9(10,11)12/h3-6H,2H2,1H3. The van der Waals surface area contributed by atoms with Gasteiger partial charge in [0.25, 0.3) is 0 Å². The van der Waals surface area contributed by atoms with Crippen LogP contribution in [0.25, 0.3) is 0 Å². The predicted octanol–water partition coefficient (Wildman–Crippen LogP) is 3.82. The van der Waals surface area contributed by atoms with Crippen LogP contribution in [0.3, 0.4) is 0 Å². The van der Waals surface area contributed by atoms with Gasteiger partial charge in [0, 0.05) is 4.90 Å². The number of hydrogen-bond donors (Lipinski definition) is 0. The molecule has 0 aliphatic heterocycles. The van der Waals surface area contributed by atoms with Crippen molar-refractivity contribution in [1.29, 1.82) is 0 Å². The van der Waals surface area contributed by atoms with Crippen molar-refractivity contribution in [2.24, 2.45) is 0 Å². The lowest BCUT2D eigenvalue weighted by molar-refractivity contribution is -0.137. The lowest BCUT2D eigenvalue weighted by Crippen LogP contribution is -2.04. The van der Waals surface area contributed by atoms with Gasteiger partial charge in [0.1, 0.15) is 0 Å². The summed E-state index contributed by atoms with van der Waals surface area (Å²) in [5, 5.41) is 0. The van der Waals surface area contributed by atoms with Crippen LogP contribution >= 0.6 is 11.8 Å². The highest BCUT2D eigenvalue weighted by molar-refractivity contribution is 7.99. The average molecular weight is 206 g/mol. The second-order valence-corrected chi connectivity index (χ2v) is 3.80. The Labute approximate surface area is 79.1 Å². The van der Waals surface area contributed by atoms with E-state index in [1.807, 2.05) is 6.92 Å². The fraction of sp³-hybridized carbons (Fsp3) is 0.333. The van der Waals surface area contributed by atoms with Gasteiger partial charge in [0.05, 0.1) is 5.56 Å². The summed E-state index contributed by atoms with van der Waals surface area (Å²) in [4.78, 5) is 0.664. The van der Waals surface area contributed by atoms with Crippen LogP contribution in [0.2, 0.25) is 0 Å². The van der Waals surface area contributed by atoms with E-state index in [-0.39, 0.29) is 0 Å². The summed E-state index contributed by atoms with van der Waals surface area (Å²) in [6.07, 6.45) is -4.23. The molecule has 0 aliphatic carbocycles. The van der Waals surface area contributed by atoms with Crippen molar-refractivity contribution < 1.29 is 13.2 Å². The molecule has 1 aromatic carbocycles. The van der Waals surface area contributed by atoms with Crippen molar-refractivity contribution in [1.82, 2.24) is 0 Å². The van der Waals surface area contributed by atoms with Gasteiger partial charge in [-0.05, 0) is 24.0 Å². The molecule has 0 unspecified atom stereocenters. The molecule has 0 aromatic heterocycles. The van der Waals surface area contributed by atoms with Crippen LogP contribution in [0, 0.1) is 0 Å². The molecule has 0 N–H and O–H groups in total. The minimum absolute atomic E-state index is 0.578. The molecular formula is C9H9F3S. The van der Waals surface area contributed by atoms with Crippen LogP contribution in [0.15, 0.2) is 29.2 Å². The van der Waals surface area contributed by atoms with Crippen molar-refractivity contribution >= 4 is 11.8 Å². The second-order valence-electron chi connectivity index (χ2n) is 2.46. The van der Waals surface area contributed by atoms with Gasteiger partial charge in [-0.15, -0.1) is 11.8 Å². The van der Waals surface area contributed by atoms with E-state index in [1.165, 1.54) is 23.9 Å². The van der Waals surface area contributed by atoms with Crippen molar-refractivity contribution in [2.75, 3.05) is 5.75 Å². The summed E-state index contributed by atoms with van der Waals surface area (Å²) in [6.45, 7) is 1.91. The average Bonchev–Trinajstić information content (AvgIpc) is 2.04. The van der Waals surface area contributed by atoms with Gasteiger partial charge >= 0.3 is 6.18 Å². The molecule has 4 heteroatoms. The highest BCUT2D eigenvalue weighted by atomic mass is 32.2. The molecule has 0 heterocycles. The first kappa shape index (κ1) is 10.4. The van der Waals surface area contributed by atoms with E-state index in [0.29, 0.717) is 4.90 Å². The van der Waals surface area contributed by atoms with Crippen LogP contribution in [0.5, 0.6) is 0 Å². The summed E-state index contributed by atoms with van der Waals surface area (Å²) in [5.41, 5.74) is -0.578. The van der Waals surface area contributed by atoms with Crippen LogP contribution < -0.4 is 0 Å². The molecule has 0 spiro atoms. The molecule has 0 amide bonds. The van der Waals surface area contributed by atoms with E-state index in [2.05, 4.69) is 0 Å². The Kier molecular flexibility index (Phi) is 3.25. The molecule has 0 nitrogen and oxygen atoms in total. The molecule has 0 radical (unpaired) electrons. The third-order valence-electron chi connectivity index (χ3n) is 1.47. The Morgan fingerprint density at radius 1 is 1.31 bits per heavy atom. The zero-order chi connectivity index (χ0) is 9.90. The number of halogens is 3. The minimum atomic E-state index is -4.23. The predicted molar refractivity (Wildman–Crippen MR) is 47.8 cm³/mol. The Bertz CT molecular complexity index is 280. The molecule has 0 atom stereocenters. The van der Waals surface area contributed by atoms with Crippen molar-refractivity contribution in [2.45, 2.75) is 18.0 Å². The molecule has 0 saturated heterocycles. The summed E-state index contributed by atoms with van der Waals surface area (Å²) >= 11 is 1.41. The van der Waals surface area contributed by atoms with E-state index < -0.39 is 11.7 Å². The SMILES string of the molecule is CCSc1cccc(C(F)(F)F)c1. The third kappa shape index (κ3) is 2.95. The highest BCUT2D eigenvalue weighted by Crippen LogP contribution is 2.31. The molecule has 13 heavy (non-hydrogen) atoms. The summed E-state index contributed by atoms with van der Waals surface area (Å²) < 4.78 is 36.6. The van der Waals surface area contributed by atoms with Crippen molar-refractivity contribution in [3.8, 4) is 0 Å². The Balaban J connectivity index is 2.92. The second kappa shape index (κ2) is 4.05. The molecule has 1 rings (SSSR count). The third-order valence-corrected chi connectivity index (χ3v) is 2.35. The van der Waals surface area contributed by atoms with E-state index in [9.17, 15) is 13.2 Å². The van der Waals surface area contributed by atoms with E-state index in [0.717, 1.165) is 11.8 Å². The zero-order valence-corrected chi connectivity index (χ0v) is 7.88. The first-order valence-corrected chi connectivity index (χ1v) is 4.82. The first-order chi connectivity index (χ1) is 6.04. The summed E-state index contributed by atoms with van der Waals surface area (Å²) in [7, 11) is 0. The Morgan fingerprint density at radius 2 is 2.00 bits per heavy atom. The molecule has 1 aromatic rings. The molecule has 0 fully saturated rings.